The molecule has 0 radical (unpaired) electrons. The number of carbonyl (C=O) groups is 2. The van der Waals surface area contributed by atoms with E-state index in [1.165, 1.54) is 167 Å². The van der Waals surface area contributed by atoms with Gasteiger partial charge in [0, 0.05) is 12.8 Å². The summed E-state index contributed by atoms with van der Waals surface area (Å²) in [4.78, 5) is 25.4. The molecular weight excluding hydrogens is 785 g/mol. The molecule has 0 amide bonds. The van der Waals surface area contributed by atoms with Gasteiger partial charge in [0.2, 0.25) is 0 Å². The Bertz CT molecular complexity index is 1020. The summed E-state index contributed by atoms with van der Waals surface area (Å²) < 4.78 is 22.2. The SMILES string of the molecule is CCCCCCC/C=C\CCCCCCCC(=O)OC(COC(=O)CCCCCCCCCCCCCCCCCCCCCCCCC)COC1OC(CO)C(O)C(O)C1O. The quantitative estimate of drug-likeness (QED) is 0.0264. The van der Waals surface area contributed by atoms with Crippen molar-refractivity contribution in [2.75, 3.05) is 19.8 Å². The third kappa shape index (κ3) is 33.9. The van der Waals surface area contributed by atoms with Gasteiger partial charge in [-0.05, 0) is 38.5 Å². The highest BCUT2D eigenvalue weighted by atomic mass is 16.7. The predicted octanol–water partition coefficient (Wildman–Crippen LogP) is 12.3. The molecule has 0 aliphatic carbocycles. The van der Waals surface area contributed by atoms with E-state index < -0.39 is 49.4 Å². The smallest absolute Gasteiger partial charge is 0.306 e. The maximum Gasteiger partial charge on any atom is 0.306 e. The summed E-state index contributed by atoms with van der Waals surface area (Å²) >= 11 is 0. The molecule has 10 heteroatoms. The van der Waals surface area contributed by atoms with Crippen molar-refractivity contribution in [3.05, 3.63) is 12.2 Å². The zero-order chi connectivity index (χ0) is 45.1. The van der Waals surface area contributed by atoms with E-state index in [0.717, 1.165) is 51.4 Å². The van der Waals surface area contributed by atoms with Crippen LogP contribution in [0, 0.1) is 0 Å². The first-order valence-corrected chi connectivity index (χ1v) is 26.3. The van der Waals surface area contributed by atoms with Crippen LogP contribution in [-0.2, 0) is 28.5 Å². The fraction of sp³-hybridized carbons (Fsp3) is 0.923. The normalized spacial score (nSPS) is 19.6. The lowest BCUT2D eigenvalue weighted by molar-refractivity contribution is -0.305. The molecule has 1 aliphatic heterocycles. The van der Waals surface area contributed by atoms with Gasteiger partial charge in [-0.25, -0.2) is 0 Å². The molecule has 62 heavy (non-hydrogen) atoms. The molecule has 0 aromatic rings. The fourth-order valence-electron chi connectivity index (χ4n) is 8.24. The van der Waals surface area contributed by atoms with Gasteiger partial charge in [0.1, 0.15) is 31.0 Å². The highest BCUT2D eigenvalue weighted by Crippen LogP contribution is 2.23. The van der Waals surface area contributed by atoms with Crippen LogP contribution >= 0.6 is 0 Å². The van der Waals surface area contributed by atoms with Crippen molar-refractivity contribution in [2.45, 2.75) is 288 Å². The van der Waals surface area contributed by atoms with Crippen LogP contribution in [0.5, 0.6) is 0 Å². The standard InChI is InChI=1S/C52H98O10/c1-3-5-7-9-11-13-15-17-19-20-21-22-23-24-25-26-27-29-30-32-34-36-38-40-47(54)59-43-45(44-60-52-51(58)50(57)49(56)46(42-53)62-52)61-48(55)41-39-37-35-33-31-28-18-16-14-12-10-8-6-4-2/h16,18,45-46,49-53,56-58H,3-15,17,19-44H2,1-2H3/b18-16-. The maximum atomic E-state index is 12.8. The summed E-state index contributed by atoms with van der Waals surface area (Å²) in [6, 6.07) is 0. The summed E-state index contributed by atoms with van der Waals surface area (Å²) in [7, 11) is 0. The van der Waals surface area contributed by atoms with Crippen molar-refractivity contribution in [3.8, 4) is 0 Å². The number of aliphatic hydroxyl groups is 4. The second kappa shape index (κ2) is 43.3. The van der Waals surface area contributed by atoms with Crippen molar-refractivity contribution in [1.82, 2.24) is 0 Å². The number of rotatable bonds is 45. The van der Waals surface area contributed by atoms with E-state index >= 15 is 0 Å². The van der Waals surface area contributed by atoms with E-state index in [1.807, 2.05) is 0 Å². The lowest BCUT2D eigenvalue weighted by Gasteiger charge is -2.39. The number of aliphatic hydroxyl groups excluding tert-OH is 4. The Hall–Kier alpha value is -1.56. The molecule has 1 heterocycles. The number of ether oxygens (including phenoxy) is 4. The number of allylic oxidation sites excluding steroid dienone is 2. The summed E-state index contributed by atoms with van der Waals surface area (Å²) in [6.07, 6.45) is 40.9. The summed E-state index contributed by atoms with van der Waals surface area (Å²) in [5.74, 6) is -0.802. The molecule has 0 saturated carbocycles. The fourth-order valence-corrected chi connectivity index (χ4v) is 8.24. The minimum Gasteiger partial charge on any atom is -0.462 e. The first-order valence-electron chi connectivity index (χ1n) is 26.3. The number of unbranched alkanes of at least 4 members (excludes halogenated alkanes) is 32. The van der Waals surface area contributed by atoms with E-state index in [0.29, 0.717) is 6.42 Å². The van der Waals surface area contributed by atoms with E-state index in [4.69, 9.17) is 18.9 Å². The van der Waals surface area contributed by atoms with Gasteiger partial charge in [0.15, 0.2) is 12.4 Å². The van der Waals surface area contributed by atoms with Crippen LogP contribution in [0.3, 0.4) is 0 Å². The Morgan fingerprint density at radius 3 is 1.26 bits per heavy atom. The van der Waals surface area contributed by atoms with E-state index in [1.54, 1.807) is 0 Å². The highest BCUT2D eigenvalue weighted by molar-refractivity contribution is 5.70. The lowest BCUT2D eigenvalue weighted by atomic mass is 9.99. The average molecular weight is 883 g/mol. The van der Waals surface area contributed by atoms with Crippen molar-refractivity contribution in [2.24, 2.45) is 0 Å². The number of carbonyl (C=O) groups excluding carboxylic acids is 2. The van der Waals surface area contributed by atoms with Crippen LogP contribution in [0.1, 0.15) is 251 Å². The minimum absolute atomic E-state index is 0.215. The second-order valence-corrected chi connectivity index (χ2v) is 18.3. The van der Waals surface area contributed by atoms with Crippen molar-refractivity contribution >= 4 is 11.9 Å². The van der Waals surface area contributed by atoms with Gasteiger partial charge in [-0.3, -0.25) is 9.59 Å². The van der Waals surface area contributed by atoms with Gasteiger partial charge in [-0.2, -0.15) is 0 Å². The average Bonchev–Trinajstić information content (AvgIpc) is 3.27. The molecule has 0 bridgehead atoms. The molecule has 1 saturated heterocycles. The van der Waals surface area contributed by atoms with Crippen molar-refractivity contribution < 1.29 is 49.0 Å². The maximum absolute atomic E-state index is 12.8. The first-order chi connectivity index (χ1) is 30.3. The molecular formula is C52H98O10. The third-order valence-corrected chi connectivity index (χ3v) is 12.4. The highest BCUT2D eigenvalue weighted by Gasteiger charge is 2.44. The Morgan fingerprint density at radius 2 is 0.855 bits per heavy atom. The van der Waals surface area contributed by atoms with Gasteiger partial charge in [-0.1, -0.05) is 212 Å². The van der Waals surface area contributed by atoms with Crippen LogP contribution in [0.2, 0.25) is 0 Å². The van der Waals surface area contributed by atoms with Gasteiger partial charge in [-0.15, -0.1) is 0 Å². The van der Waals surface area contributed by atoms with E-state index in [2.05, 4.69) is 26.0 Å². The predicted molar refractivity (Wildman–Crippen MR) is 252 cm³/mol. The summed E-state index contributed by atoms with van der Waals surface area (Å²) in [5.41, 5.74) is 0. The topological polar surface area (TPSA) is 152 Å². The molecule has 0 aromatic carbocycles. The molecule has 6 unspecified atom stereocenters. The first kappa shape index (κ1) is 58.5. The molecule has 0 aromatic heterocycles. The third-order valence-electron chi connectivity index (χ3n) is 12.4. The van der Waals surface area contributed by atoms with Crippen molar-refractivity contribution in [3.63, 3.8) is 0 Å². The Morgan fingerprint density at radius 1 is 0.484 bits per heavy atom. The molecule has 0 spiro atoms. The molecule has 1 rings (SSSR count). The van der Waals surface area contributed by atoms with Crippen LogP contribution < -0.4 is 0 Å². The zero-order valence-electron chi connectivity index (χ0n) is 40.1. The Labute approximate surface area is 380 Å². The Kier molecular flexibility index (Phi) is 40.9. The van der Waals surface area contributed by atoms with E-state index in [9.17, 15) is 30.0 Å². The molecule has 6 atom stereocenters. The Balaban J connectivity index is 2.20. The lowest BCUT2D eigenvalue weighted by Crippen LogP contribution is -2.59. The van der Waals surface area contributed by atoms with Crippen LogP contribution in [0.4, 0.5) is 0 Å². The molecule has 4 N–H and O–H groups in total. The van der Waals surface area contributed by atoms with Gasteiger partial charge < -0.3 is 39.4 Å². The van der Waals surface area contributed by atoms with Gasteiger partial charge >= 0.3 is 11.9 Å². The van der Waals surface area contributed by atoms with Crippen LogP contribution in [0.25, 0.3) is 0 Å². The number of esters is 2. The number of hydrogen-bond donors (Lipinski definition) is 4. The van der Waals surface area contributed by atoms with Crippen LogP contribution in [0.15, 0.2) is 12.2 Å². The van der Waals surface area contributed by atoms with Gasteiger partial charge in [0.25, 0.3) is 0 Å². The summed E-state index contributed by atoms with van der Waals surface area (Å²) in [5, 5.41) is 40.2. The second-order valence-electron chi connectivity index (χ2n) is 18.3. The minimum atomic E-state index is -1.59. The van der Waals surface area contributed by atoms with Crippen molar-refractivity contribution in [1.29, 1.82) is 0 Å². The van der Waals surface area contributed by atoms with Gasteiger partial charge in [0.05, 0.1) is 13.2 Å². The van der Waals surface area contributed by atoms with Crippen LogP contribution in [-0.4, -0.2) is 89.0 Å². The van der Waals surface area contributed by atoms with E-state index in [-0.39, 0.29) is 32.0 Å². The molecule has 1 fully saturated rings. The monoisotopic (exact) mass is 883 g/mol. The summed E-state index contributed by atoms with van der Waals surface area (Å²) in [6.45, 7) is 3.45. The molecule has 10 nitrogen and oxygen atoms in total. The molecule has 366 valence electrons. The molecule has 1 aliphatic rings. The largest absolute Gasteiger partial charge is 0.462 e. The zero-order valence-corrected chi connectivity index (χ0v) is 40.1. The number of hydrogen-bond acceptors (Lipinski definition) is 10.